The van der Waals surface area contributed by atoms with Crippen LogP contribution in [0.4, 0.5) is 0 Å². The van der Waals surface area contributed by atoms with Crippen LogP contribution in [0, 0.1) is 0 Å². The van der Waals surface area contributed by atoms with E-state index in [-0.39, 0.29) is 10.7 Å². The molecular weight excluding hydrogens is 274 g/mol. The molecule has 4 nitrogen and oxygen atoms in total. The lowest BCUT2D eigenvalue weighted by atomic mass is 9.74. The second-order valence-corrected chi connectivity index (χ2v) is 7.48. The van der Waals surface area contributed by atoms with E-state index in [0.29, 0.717) is 5.56 Å². The maximum Gasteiger partial charge on any atom is 0.177 e. The summed E-state index contributed by atoms with van der Waals surface area (Å²) in [6, 6.07) is 8.99. The van der Waals surface area contributed by atoms with Crippen LogP contribution in [0.2, 0.25) is 0 Å². The van der Waals surface area contributed by atoms with Crippen molar-refractivity contribution in [2.45, 2.75) is 25.0 Å². The van der Waals surface area contributed by atoms with Gasteiger partial charge in [-0.2, -0.15) is 0 Å². The van der Waals surface area contributed by atoms with Gasteiger partial charge in [0, 0.05) is 0 Å². The van der Waals surface area contributed by atoms with Crippen molar-refractivity contribution >= 4 is 9.84 Å². The summed E-state index contributed by atoms with van der Waals surface area (Å²) in [5.74, 6) is 0.00299. The predicted octanol–water partition coefficient (Wildman–Crippen LogP) is 1.48. The Hall–Kier alpha value is -1.43. The molecule has 0 heterocycles. The van der Waals surface area contributed by atoms with Crippen LogP contribution in [-0.2, 0) is 15.4 Å². The Balaban J connectivity index is 2.52. The van der Waals surface area contributed by atoms with Gasteiger partial charge >= 0.3 is 0 Å². The molecule has 2 rings (SSSR count). The summed E-state index contributed by atoms with van der Waals surface area (Å²) >= 11 is 0. The van der Waals surface area contributed by atoms with Gasteiger partial charge < -0.3 is 10.8 Å². The van der Waals surface area contributed by atoms with Gasteiger partial charge in [-0.05, 0) is 30.7 Å². The van der Waals surface area contributed by atoms with Crippen LogP contribution < -0.4 is 5.73 Å². The number of sulfone groups is 1. The molecule has 108 valence electrons. The van der Waals surface area contributed by atoms with E-state index < -0.39 is 21.0 Å². The fourth-order valence-electron chi connectivity index (χ4n) is 2.30. The van der Waals surface area contributed by atoms with Crippen molar-refractivity contribution in [2.75, 3.05) is 5.75 Å². The normalized spacial score (nSPS) is 30.1. The molecular formula is C15H19NO3S. The molecule has 1 aromatic rings. The number of allylic oxidation sites excluding steroid dienone is 1. The molecule has 0 radical (unpaired) electrons. The summed E-state index contributed by atoms with van der Waals surface area (Å²) in [7, 11) is -3.34. The topological polar surface area (TPSA) is 80.4 Å². The third-order valence-corrected chi connectivity index (χ3v) is 5.44. The Labute approximate surface area is 119 Å². The summed E-state index contributed by atoms with van der Waals surface area (Å²) < 4.78 is 23.9. The van der Waals surface area contributed by atoms with Crippen LogP contribution in [0.5, 0.6) is 0 Å². The van der Waals surface area contributed by atoms with Crippen LogP contribution in [0.3, 0.4) is 0 Å². The highest BCUT2D eigenvalue weighted by Crippen LogP contribution is 2.38. The van der Waals surface area contributed by atoms with E-state index in [1.54, 1.807) is 38.1 Å². The first-order valence-electron chi connectivity index (χ1n) is 6.44. The van der Waals surface area contributed by atoms with Gasteiger partial charge in [0.15, 0.2) is 9.84 Å². The van der Waals surface area contributed by atoms with E-state index in [0.717, 1.165) is 0 Å². The van der Waals surface area contributed by atoms with Crippen molar-refractivity contribution in [3.05, 3.63) is 59.0 Å². The first-order valence-corrected chi connectivity index (χ1v) is 8.10. The van der Waals surface area contributed by atoms with Crippen LogP contribution in [0.15, 0.2) is 53.5 Å². The Kier molecular flexibility index (Phi) is 3.62. The highest BCUT2D eigenvalue weighted by molar-refractivity contribution is 7.95. The largest absolute Gasteiger partial charge is 0.379 e. The Morgan fingerprint density at radius 3 is 2.35 bits per heavy atom. The van der Waals surface area contributed by atoms with Gasteiger partial charge in [-0.15, -0.1) is 0 Å². The van der Waals surface area contributed by atoms with E-state index in [1.165, 1.54) is 18.2 Å². The van der Waals surface area contributed by atoms with E-state index in [1.807, 2.05) is 6.07 Å². The minimum absolute atomic E-state index is 0.00299. The van der Waals surface area contributed by atoms with E-state index in [9.17, 15) is 13.5 Å². The Bertz CT molecular complexity index is 660. The van der Waals surface area contributed by atoms with Crippen LogP contribution in [0.1, 0.15) is 19.4 Å². The Morgan fingerprint density at radius 2 is 1.85 bits per heavy atom. The zero-order chi connectivity index (χ0) is 15.0. The summed E-state index contributed by atoms with van der Waals surface area (Å²) in [5.41, 5.74) is 4.18. The Morgan fingerprint density at radius 1 is 1.25 bits per heavy atom. The van der Waals surface area contributed by atoms with Gasteiger partial charge in [-0.1, -0.05) is 37.3 Å². The summed E-state index contributed by atoms with van der Waals surface area (Å²) in [4.78, 5) is 0.158. The molecule has 1 aliphatic carbocycles. The number of nitrogens with two attached hydrogens (primary N) is 1. The molecule has 0 bridgehead atoms. The molecule has 3 N–H and O–H groups in total. The minimum atomic E-state index is -3.34. The van der Waals surface area contributed by atoms with Crippen LogP contribution in [0.25, 0.3) is 0 Å². The maximum absolute atomic E-state index is 11.9. The SMILES string of the molecule is CCS(=O)(=O)C1=CC(C)(N)C(O)(c2ccccc2)C=C1. The molecule has 20 heavy (non-hydrogen) atoms. The lowest BCUT2D eigenvalue weighted by Gasteiger charge is -2.41. The number of hydrogen-bond acceptors (Lipinski definition) is 4. The molecule has 2 atom stereocenters. The van der Waals surface area contributed by atoms with Gasteiger partial charge in [0.25, 0.3) is 0 Å². The fourth-order valence-corrected chi connectivity index (χ4v) is 3.33. The monoisotopic (exact) mass is 293 g/mol. The van der Waals surface area contributed by atoms with E-state index in [2.05, 4.69) is 0 Å². The molecule has 0 spiro atoms. The molecule has 0 aromatic heterocycles. The molecule has 0 amide bonds. The van der Waals surface area contributed by atoms with Crippen molar-refractivity contribution in [1.29, 1.82) is 0 Å². The third-order valence-electron chi connectivity index (χ3n) is 3.71. The summed E-state index contributed by atoms with van der Waals surface area (Å²) in [6.45, 7) is 3.20. The molecule has 0 saturated carbocycles. The molecule has 2 unspecified atom stereocenters. The summed E-state index contributed by atoms with van der Waals surface area (Å²) in [5, 5.41) is 10.9. The van der Waals surface area contributed by atoms with E-state index in [4.69, 9.17) is 5.73 Å². The number of aliphatic hydroxyl groups is 1. The second-order valence-electron chi connectivity index (χ2n) is 5.20. The average molecular weight is 293 g/mol. The molecule has 0 saturated heterocycles. The number of rotatable bonds is 3. The maximum atomic E-state index is 11.9. The second kappa shape index (κ2) is 4.84. The molecule has 1 aromatic carbocycles. The first kappa shape index (κ1) is 15.0. The first-order chi connectivity index (χ1) is 9.23. The van der Waals surface area contributed by atoms with E-state index >= 15 is 0 Å². The zero-order valence-electron chi connectivity index (χ0n) is 11.6. The molecule has 0 fully saturated rings. The standard InChI is InChI=1S/C15H19NO3S/c1-3-20(18,19)13-9-10-15(17,14(2,16)11-13)12-7-5-4-6-8-12/h4-11,17H,3,16H2,1-2H3. The molecule has 0 aliphatic heterocycles. The number of hydrogen-bond donors (Lipinski definition) is 2. The average Bonchev–Trinajstić information content (AvgIpc) is 2.42. The third kappa shape index (κ3) is 2.32. The molecule has 1 aliphatic rings. The van der Waals surface area contributed by atoms with Gasteiger partial charge in [-0.25, -0.2) is 8.42 Å². The van der Waals surface area contributed by atoms with Crippen LogP contribution in [-0.4, -0.2) is 24.8 Å². The van der Waals surface area contributed by atoms with Crippen molar-refractivity contribution in [3.63, 3.8) is 0 Å². The lowest BCUT2D eigenvalue weighted by molar-refractivity contribution is 0.0325. The quantitative estimate of drug-likeness (QED) is 0.884. The molecule has 5 heteroatoms. The van der Waals surface area contributed by atoms with Gasteiger partial charge in [0.05, 0.1) is 16.2 Å². The number of benzene rings is 1. The highest BCUT2D eigenvalue weighted by Gasteiger charge is 2.45. The predicted molar refractivity (Wildman–Crippen MR) is 79.6 cm³/mol. The van der Waals surface area contributed by atoms with Crippen molar-refractivity contribution in [1.82, 2.24) is 0 Å². The smallest absolute Gasteiger partial charge is 0.177 e. The van der Waals surface area contributed by atoms with Gasteiger partial charge in [0.1, 0.15) is 5.60 Å². The van der Waals surface area contributed by atoms with Crippen molar-refractivity contribution < 1.29 is 13.5 Å². The zero-order valence-corrected chi connectivity index (χ0v) is 12.4. The van der Waals surface area contributed by atoms with Crippen LogP contribution >= 0.6 is 0 Å². The van der Waals surface area contributed by atoms with Gasteiger partial charge in [0.2, 0.25) is 0 Å². The highest BCUT2D eigenvalue weighted by atomic mass is 32.2. The van der Waals surface area contributed by atoms with Crippen molar-refractivity contribution in [3.8, 4) is 0 Å². The van der Waals surface area contributed by atoms with Gasteiger partial charge in [-0.3, -0.25) is 0 Å². The summed E-state index contributed by atoms with van der Waals surface area (Å²) in [6.07, 6.45) is 4.32. The lowest BCUT2D eigenvalue weighted by Crippen LogP contribution is -2.55. The minimum Gasteiger partial charge on any atom is -0.379 e. The fraction of sp³-hybridized carbons (Fsp3) is 0.333. The van der Waals surface area contributed by atoms with Crippen molar-refractivity contribution in [2.24, 2.45) is 5.73 Å².